The Morgan fingerprint density at radius 2 is 1.95 bits per heavy atom. The molecule has 0 aromatic heterocycles. The fourth-order valence-electron chi connectivity index (χ4n) is 3.29. The second-order valence-corrected chi connectivity index (χ2v) is 6.15. The molecule has 1 aromatic rings. The van der Waals surface area contributed by atoms with Crippen LogP contribution in [0.25, 0.3) is 0 Å². The number of methoxy groups -OCH3 is 1. The average Bonchev–Trinajstić information content (AvgIpc) is 2.44. The standard InChI is InChI=1S/C17H23NO3/c1-12(2)17(11-21-3)10-15(19)18-16(20)14(17)9-13-7-5-4-6-8-13/h4-8,12,14H,9-11H2,1-3H3,(H,18,19,20). The molecule has 0 bridgehead atoms. The number of imide groups is 1. The van der Waals surface area contributed by atoms with E-state index in [2.05, 4.69) is 19.2 Å². The molecular weight excluding hydrogens is 266 g/mol. The minimum atomic E-state index is -0.440. The van der Waals surface area contributed by atoms with Crippen LogP contribution in [0.1, 0.15) is 25.8 Å². The summed E-state index contributed by atoms with van der Waals surface area (Å²) in [5.41, 5.74) is 0.664. The molecule has 1 saturated heterocycles. The van der Waals surface area contributed by atoms with Crippen LogP contribution in [0, 0.1) is 17.3 Å². The first-order chi connectivity index (χ1) is 9.99. The topological polar surface area (TPSA) is 55.4 Å². The van der Waals surface area contributed by atoms with Crippen LogP contribution in [0.2, 0.25) is 0 Å². The average molecular weight is 289 g/mol. The third-order valence-electron chi connectivity index (χ3n) is 4.61. The van der Waals surface area contributed by atoms with Gasteiger partial charge in [0.25, 0.3) is 0 Å². The van der Waals surface area contributed by atoms with E-state index in [-0.39, 0.29) is 23.7 Å². The van der Waals surface area contributed by atoms with E-state index in [0.717, 1.165) is 5.56 Å². The minimum Gasteiger partial charge on any atom is -0.384 e. The highest BCUT2D eigenvalue weighted by atomic mass is 16.5. The molecule has 4 heteroatoms. The van der Waals surface area contributed by atoms with Gasteiger partial charge in [0.15, 0.2) is 0 Å². The highest BCUT2D eigenvalue weighted by Gasteiger charge is 2.50. The van der Waals surface area contributed by atoms with Gasteiger partial charge < -0.3 is 4.74 Å². The molecule has 1 N–H and O–H groups in total. The lowest BCUT2D eigenvalue weighted by Gasteiger charge is -2.45. The number of piperidine rings is 1. The van der Waals surface area contributed by atoms with Crippen LogP contribution in [0.4, 0.5) is 0 Å². The van der Waals surface area contributed by atoms with Gasteiger partial charge in [-0.25, -0.2) is 0 Å². The van der Waals surface area contributed by atoms with Crippen LogP contribution in [0.5, 0.6) is 0 Å². The first-order valence-electron chi connectivity index (χ1n) is 7.36. The SMILES string of the molecule is COCC1(C(C)C)CC(=O)NC(=O)C1Cc1ccccc1. The molecule has 1 fully saturated rings. The Balaban J connectivity index is 2.36. The van der Waals surface area contributed by atoms with Gasteiger partial charge in [0.1, 0.15) is 0 Å². The first-order valence-corrected chi connectivity index (χ1v) is 7.36. The van der Waals surface area contributed by atoms with E-state index in [1.54, 1.807) is 7.11 Å². The lowest BCUT2D eigenvalue weighted by Crippen LogP contribution is -2.56. The van der Waals surface area contributed by atoms with Gasteiger partial charge in [0.05, 0.1) is 12.5 Å². The molecule has 0 spiro atoms. The summed E-state index contributed by atoms with van der Waals surface area (Å²) >= 11 is 0. The number of nitrogens with one attached hydrogen (secondary N) is 1. The summed E-state index contributed by atoms with van der Waals surface area (Å²) < 4.78 is 5.38. The molecular formula is C17H23NO3. The van der Waals surface area contributed by atoms with Gasteiger partial charge in [-0.15, -0.1) is 0 Å². The van der Waals surface area contributed by atoms with Crippen LogP contribution in [-0.2, 0) is 20.7 Å². The fraction of sp³-hybridized carbons (Fsp3) is 0.529. The molecule has 4 nitrogen and oxygen atoms in total. The molecule has 0 aliphatic carbocycles. The Bertz CT molecular complexity index is 512. The maximum absolute atomic E-state index is 12.4. The van der Waals surface area contributed by atoms with Crippen molar-refractivity contribution in [1.82, 2.24) is 5.32 Å². The Morgan fingerprint density at radius 1 is 1.29 bits per heavy atom. The number of rotatable bonds is 5. The van der Waals surface area contributed by atoms with Crippen molar-refractivity contribution in [2.75, 3.05) is 13.7 Å². The van der Waals surface area contributed by atoms with Gasteiger partial charge in [-0.3, -0.25) is 14.9 Å². The smallest absolute Gasteiger partial charge is 0.230 e. The Labute approximate surface area is 125 Å². The van der Waals surface area contributed by atoms with Crippen molar-refractivity contribution >= 4 is 11.8 Å². The monoisotopic (exact) mass is 289 g/mol. The molecule has 0 saturated carbocycles. The molecule has 2 unspecified atom stereocenters. The van der Waals surface area contributed by atoms with Crippen molar-refractivity contribution in [2.45, 2.75) is 26.7 Å². The van der Waals surface area contributed by atoms with Gasteiger partial charge in [-0.05, 0) is 17.9 Å². The third kappa shape index (κ3) is 3.16. The highest BCUT2D eigenvalue weighted by molar-refractivity contribution is 6.00. The van der Waals surface area contributed by atoms with Crippen LogP contribution >= 0.6 is 0 Å². The second kappa shape index (κ2) is 6.39. The van der Waals surface area contributed by atoms with Crippen molar-refractivity contribution in [2.24, 2.45) is 17.3 Å². The Kier molecular flexibility index (Phi) is 4.78. The van der Waals surface area contributed by atoms with Crippen molar-refractivity contribution in [3.8, 4) is 0 Å². The predicted octanol–water partition coefficient (Wildman–Crippen LogP) is 2.18. The molecule has 2 rings (SSSR count). The second-order valence-electron chi connectivity index (χ2n) is 6.15. The van der Waals surface area contributed by atoms with E-state index in [0.29, 0.717) is 19.4 Å². The van der Waals surface area contributed by atoms with Crippen LogP contribution < -0.4 is 5.32 Å². The summed E-state index contributed by atoms with van der Waals surface area (Å²) in [6, 6.07) is 9.92. The number of hydrogen-bond acceptors (Lipinski definition) is 3. The lowest BCUT2D eigenvalue weighted by molar-refractivity contribution is -0.150. The van der Waals surface area contributed by atoms with E-state index in [1.807, 2.05) is 30.3 Å². The van der Waals surface area contributed by atoms with Gasteiger partial charge in [0, 0.05) is 18.9 Å². The summed E-state index contributed by atoms with van der Waals surface area (Å²) in [5, 5.41) is 2.48. The van der Waals surface area contributed by atoms with Crippen molar-refractivity contribution in [3.05, 3.63) is 35.9 Å². The Hall–Kier alpha value is -1.68. The van der Waals surface area contributed by atoms with E-state index in [1.165, 1.54) is 0 Å². The molecule has 1 aliphatic heterocycles. The zero-order valence-electron chi connectivity index (χ0n) is 12.9. The maximum Gasteiger partial charge on any atom is 0.230 e. The highest BCUT2D eigenvalue weighted by Crippen LogP contribution is 2.43. The van der Waals surface area contributed by atoms with E-state index in [9.17, 15) is 9.59 Å². The third-order valence-corrected chi connectivity index (χ3v) is 4.61. The van der Waals surface area contributed by atoms with Gasteiger partial charge in [-0.2, -0.15) is 0 Å². The number of hydrogen-bond donors (Lipinski definition) is 1. The molecule has 2 atom stereocenters. The quantitative estimate of drug-likeness (QED) is 0.845. The molecule has 1 aliphatic rings. The largest absolute Gasteiger partial charge is 0.384 e. The summed E-state index contributed by atoms with van der Waals surface area (Å²) in [4.78, 5) is 24.3. The Morgan fingerprint density at radius 3 is 2.52 bits per heavy atom. The summed E-state index contributed by atoms with van der Waals surface area (Å²) in [6.07, 6.45) is 0.962. The minimum absolute atomic E-state index is 0.180. The van der Waals surface area contributed by atoms with Gasteiger partial charge in [-0.1, -0.05) is 44.2 Å². The van der Waals surface area contributed by atoms with Crippen LogP contribution in [0.15, 0.2) is 30.3 Å². The molecule has 1 aromatic carbocycles. The zero-order chi connectivity index (χ0) is 15.5. The predicted molar refractivity (Wildman–Crippen MR) is 80.5 cm³/mol. The van der Waals surface area contributed by atoms with Crippen molar-refractivity contribution in [1.29, 1.82) is 0 Å². The molecule has 21 heavy (non-hydrogen) atoms. The van der Waals surface area contributed by atoms with E-state index >= 15 is 0 Å². The lowest BCUT2D eigenvalue weighted by atomic mass is 9.62. The zero-order valence-corrected chi connectivity index (χ0v) is 12.9. The van der Waals surface area contributed by atoms with Crippen molar-refractivity contribution in [3.63, 3.8) is 0 Å². The van der Waals surface area contributed by atoms with E-state index in [4.69, 9.17) is 4.74 Å². The summed E-state index contributed by atoms with van der Waals surface area (Å²) in [7, 11) is 1.63. The molecule has 114 valence electrons. The number of ether oxygens (including phenoxy) is 1. The number of carbonyl (C=O) groups is 2. The van der Waals surface area contributed by atoms with Crippen molar-refractivity contribution < 1.29 is 14.3 Å². The molecule has 0 radical (unpaired) electrons. The number of amides is 2. The normalized spacial score (nSPS) is 26.0. The summed E-state index contributed by atoms with van der Waals surface area (Å²) in [5.74, 6) is -0.449. The summed E-state index contributed by atoms with van der Waals surface area (Å²) in [6.45, 7) is 4.53. The number of carbonyl (C=O) groups excluding carboxylic acids is 2. The fourth-order valence-corrected chi connectivity index (χ4v) is 3.29. The van der Waals surface area contributed by atoms with Crippen LogP contribution in [-0.4, -0.2) is 25.5 Å². The van der Waals surface area contributed by atoms with Crippen LogP contribution in [0.3, 0.4) is 0 Å². The van der Waals surface area contributed by atoms with Gasteiger partial charge in [0.2, 0.25) is 11.8 Å². The molecule has 2 amide bonds. The maximum atomic E-state index is 12.4. The first kappa shape index (κ1) is 15.7. The number of benzene rings is 1. The van der Waals surface area contributed by atoms with Gasteiger partial charge >= 0.3 is 0 Å². The molecule has 1 heterocycles. The van der Waals surface area contributed by atoms with E-state index < -0.39 is 5.41 Å².